The summed E-state index contributed by atoms with van der Waals surface area (Å²) in [6.45, 7) is 6.48. The first kappa shape index (κ1) is 20.8. The second-order valence-corrected chi connectivity index (χ2v) is 7.41. The highest BCUT2D eigenvalue weighted by molar-refractivity contribution is 8.00. The number of hydrogen-bond acceptors (Lipinski definition) is 5. The standard InChI is InChI=1S/C21H25N3O2S/c1-4-6-7-17-9-8-16(14-22)21(24-17)27-15(3)20(25)23-18-10-12-19(13-11-18)26-5-2/h8-13,15H,4-7H2,1-3H3,(H,23,25). The Morgan fingerprint density at radius 3 is 2.63 bits per heavy atom. The van der Waals surface area contributed by atoms with E-state index >= 15 is 0 Å². The van der Waals surface area contributed by atoms with E-state index < -0.39 is 0 Å². The van der Waals surface area contributed by atoms with Crippen molar-refractivity contribution >= 4 is 23.4 Å². The molecule has 2 aromatic rings. The quantitative estimate of drug-likeness (QED) is 0.629. The first-order valence-corrected chi connectivity index (χ1v) is 10.1. The molecule has 1 atom stereocenters. The van der Waals surface area contributed by atoms with Gasteiger partial charge in [0.2, 0.25) is 5.91 Å². The molecule has 27 heavy (non-hydrogen) atoms. The molecule has 0 aliphatic heterocycles. The highest BCUT2D eigenvalue weighted by Gasteiger charge is 2.18. The van der Waals surface area contributed by atoms with Crippen molar-refractivity contribution in [2.24, 2.45) is 0 Å². The molecule has 2 rings (SSSR count). The fourth-order valence-corrected chi connectivity index (χ4v) is 3.33. The minimum absolute atomic E-state index is 0.131. The van der Waals surface area contributed by atoms with Crippen molar-refractivity contribution in [3.8, 4) is 11.8 Å². The van der Waals surface area contributed by atoms with E-state index in [0.717, 1.165) is 30.7 Å². The van der Waals surface area contributed by atoms with E-state index in [4.69, 9.17) is 4.74 Å². The third-order valence-electron chi connectivity index (χ3n) is 3.92. The minimum atomic E-state index is -0.377. The van der Waals surface area contributed by atoms with Gasteiger partial charge in [0.05, 0.1) is 17.4 Å². The van der Waals surface area contributed by atoms with Crippen molar-refractivity contribution in [2.75, 3.05) is 11.9 Å². The summed E-state index contributed by atoms with van der Waals surface area (Å²) in [5, 5.41) is 12.5. The topological polar surface area (TPSA) is 75.0 Å². The zero-order chi connectivity index (χ0) is 19.6. The smallest absolute Gasteiger partial charge is 0.237 e. The number of carbonyl (C=O) groups excluding carboxylic acids is 1. The lowest BCUT2D eigenvalue weighted by atomic mass is 10.2. The maximum Gasteiger partial charge on any atom is 0.237 e. The van der Waals surface area contributed by atoms with Crippen LogP contribution in [0.2, 0.25) is 0 Å². The summed E-state index contributed by atoms with van der Waals surface area (Å²) in [6.07, 6.45) is 3.02. The summed E-state index contributed by atoms with van der Waals surface area (Å²) in [5.41, 5.74) is 2.17. The molecule has 1 N–H and O–H groups in total. The molecule has 1 aromatic heterocycles. The molecule has 1 aromatic carbocycles. The highest BCUT2D eigenvalue weighted by Crippen LogP contribution is 2.26. The van der Waals surface area contributed by atoms with Gasteiger partial charge in [-0.15, -0.1) is 0 Å². The van der Waals surface area contributed by atoms with Crippen LogP contribution in [-0.2, 0) is 11.2 Å². The molecule has 5 nitrogen and oxygen atoms in total. The van der Waals surface area contributed by atoms with Gasteiger partial charge in [-0.2, -0.15) is 5.26 Å². The van der Waals surface area contributed by atoms with E-state index in [1.165, 1.54) is 11.8 Å². The molecule has 0 radical (unpaired) electrons. The molecule has 0 aliphatic rings. The first-order valence-electron chi connectivity index (χ1n) is 9.17. The average Bonchev–Trinajstić information content (AvgIpc) is 2.68. The van der Waals surface area contributed by atoms with Crippen molar-refractivity contribution < 1.29 is 9.53 Å². The molecule has 0 spiro atoms. The number of amides is 1. The minimum Gasteiger partial charge on any atom is -0.494 e. The Bertz CT molecular complexity index is 800. The summed E-state index contributed by atoms with van der Waals surface area (Å²) < 4.78 is 5.40. The van der Waals surface area contributed by atoms with Crippen LogP contribution in [0.3, 0.4) is 0 Å². The first-order chi connectivity index (χ1) is 13.1. The van der Waals surface area contributed by atoms with Crippen molar-refractivity contribution in [2.45, 2.75) is 50.3 Å². The predicted molar refractivity (Wildman–Crippen MR) is 109 cm³/mol. The molecular weight excluding hydrogens is 358 g/mol. The Hall–Kier alpha value is -2.52. The number of pyridine rings is 1. The van der Waals surface area contributed by atoms with Crippen LogP contribution in [-0.4, -0.2) is 22.7 Å². The monoisotopic (exact) mass is 383 g/mol. The Morgan fingerprint density at radius 1 is 1.26 bits per heavy atom. The number of hydrogen-bond donors (Lipinski definition) is 1. The van der Waals surface area contributed by atoms with Gasteiger partial charge in [0.1, 0.15) is 16.8 Å². The number of unbranched alkanes of at least 4 members (excludes halogenated alkanes) is 1. The van der Waals surface area contributed by atoms with Crippen LogP contribution in [0.25, 0.3) is 0 Å². The van der Waals surface area contributed by atoms with Crippen LogP contribution in [0, 0.1) is 11.3 Å². The van der Waals surface area contributed by atoms with E-state index in [2.05, 4.69) is 23.3 Å². The normalized spacial score (nSPS) is 11.5. The van der Waals surface area contributed by atoms with Gasteiger partial charge >= 0.3 is 0 Å². The Labute approximate surface area is 165 Å². The molecular formula is C21H25N3O2S. The lowest BCUT2D eigenvalue weighted by Crippen LogP contribution is -2.22. The second-order valence-electron chi connectivity index (χ2n) is 6.08. The van der Waals surface area contributed by atoms with E-state index in [9.17, 15) is 10.1 Å². The van der Waals surface area contributed by atoms with Crippen LogP contribution in [0.5, 0.6) is 5.75 Å². The van der Waals surface area contributed by atoms with E-state index in [1.54, 1.807) is 6.07 Å². The van der Waals surface area contributed by atoms with Gasteiger partial charge in [-0.1, -0.05) is 25.1 Å². The van der Waals surface area contributed by atoms with Gasteiger partial charge in [0, 0.05) is 11.4 Å². The second kappa shape index (κ2) is 10.6. The summed E-state index contributed by atoms with van der Waals surface area (Å²) in [5.74, 6) is 0.637. The number of nitriles is 1. The van der Waals surface area contributed by atoms with Gasteiger partial charge in [0.25, 0.3) is 0 Å². The summed E-state index contributed by atoms with van der Waals surface area (Å²) >= 11 is 1.31. The van der Waals surface area contributed by atoms with Gasteiger partial charge in [-0.25, -0.2) is 4.98 Å². The Kier molecular flexibility index (Phi) is 8.15. The van der Waals surface area contributed by atoms with Crippen LogP contribution in [0.15, 0.2) is 41.4 Å². The van der Waals surface area contributed by atoms with Gasteiger partial charge in [-0.3, -0.25) is 4.79 Å². The van der Waals surface area contributed by atoms with Gasteiger partial charge < -0.3 is 10.1 Å². The molecule has 0 saturated carbocycles. The fraction of sp³-hybridized carbons (Fsp3) is 0.381. The number of anilines is 1. The molecule has 6 heteroatoms. The van der Waals surface area contributed by atoms with Crippen molar-refractivity contribution in [1.82, 2.24) is 4.98 Å². The number of aryl methyl sites for hydroxylation is 1. The number of benzene rings is 1. The number of carbonyl (C=O) groups is 1. The molecule has 0 fully saturated rings. The third-order valence-corrected chi connectivity index (χ3v) is 5.02. The summed E-state index contributed by atoms with van der Waals surface area (Å²) in [4.78, 5) is 17.1. The maximum atomic E-state index is 12.5. The van der Waals surface area contributed by atoms with Crippen LogP contribution in [0.4, 0.5) is 5.69 Å². The number of thioether (sulfide) groups is 1. The van der Waals surface area contributed by atoms with Crippen molar-refractivity contribution in [3.63, 3.8) is 0 Å². The molecule has 1 heterocycles. The zero-order valence-electron chi connectivity index (χ0n) is 16.0. The number of rotatable bonds is 9. The Balaban J connectivity index is 2.03. The number of ether oxygens (including phenoxy) is 1. The van der Waals surface area contributed by atoms with Crippen LogP contribution in [0.1, 0.15) is 44.9 Å². The SMILES string of the molecule is CCCCc1ccc(C#N)c(SC(C)C(=O)Nc2ccc(OCC)cc2)n1. The third kappa shape index (κ3) is 6.30. The summed E-state index contributed by atoms with van der Waals surface area (Å²) in [6, 6.07) is 13.1. The predicted octanol–water partition coefficient (Wildman–Crippen LogP) is 4.81. The largest absolute Gasteiger partial charge is 0.494 e. The molecule has 0 aliphatic carbocycles. The van der Waals surface area contributed by atoms with Gasteiger partial charge in [-0.05, 0) is 63.1 Å². The Morgan fingerprint density at radius 2 is 2.00 bits per heavy atom. The number of nitrogens with one attached hydrogen (secondary N) is 1. The zero-order valence-corrected chi connectivity index (χ0v) is 16.8. The highest BCUT2D eigenvalue weighted by atomic mass is 32.2. The lowest BCUT2D eigenvalue weighted by molar-refractivity contribution is -0.115. The van der Waals surface area contributed by atoms with Crippen LogP contribution < -0.4 is 10.1 Å². The summed E-state index contributed by atoms with van der Waals surface area (Å²) in [7, 11) is 0. The van der Waals surface area contributed by atoms with Crippen molar-refractivity contribution in [1.29, 1.82) is 5.26 Å². The van der Waals surface area contributed by atoms with Gasteiger partial charge in [0.15, 0.2) is 0 Å². The fourth-order valence-electron chi connectivity index (χ4n) is 2.42. The number of aromatic nitrogens is 1. The maximum absolute atomic E-state index is 12.5. The number of nitrogens with zero attached hydrogens (tertiary/aromatic N) is 2. The lowest BCUT2D eigenvalue weighted by Gasteiger charge is -2.13. The van der Waals surface area contributed by atoms with E-state index in [0.29, 0.717) is 22.9 Å². The molecule has 1 amide bonds. The molecule has 1 unspecified atom stereocenters. The van der Waals surface area contributed by atoms with Crippen molar-refractivity contribution in [3.05, 3.63) is 47.7 Å². The average molecular weight is 384 g/mol. The molecule has 0 saturated heterocycles. The van der Waals surface area contributed by atoms with Crippen LogP contribution >= 0.6 is 11.8 Å². The van der Waals surface area contributed by atoms with E-state index in [-0.39, 0.29) is 11.2 Å². The van der Waals surface area contributed by atoms with E-state index in [1.807, 2.05) is 44.2 Å². The molecule has 142 valence electrons. The molecule has 0 bridgehead atoms.